The molecular weight excluding hydrogens is 222 g/mol. The summed E-state index contributed by atoms with van der Waals surface area (Å²) in [6, 6.07) is 0. The number of aliphatic imine (C=N–C) groups is 1. The molecule has 3 heteroatoms. The van der Waals surface area contributed by atoms with Crippen molar-refractivity contribution < 1.29 is 0 Å². The highest BCUT2D eigenvalue weighted by atomic mass is 14.8. The lowest BCUT2D eigenvalue weighted by molar-refractivity contribution is 0.735. The quantitative estimate of drug-likeness (QED) is 0.373. The Hall–Kier alpha value is -1.77. The summed E-state index contributed by atoms with van der Waals surface area (Å²) in [5, 5.41) is 6.28. The summed E-state index contributed by atoms with van der Waals surface area (Å²) in [6.45, 7) is 7.00. The van der Waals surface area contributed by atoms with Crippen LogP contribution in [0.2, 0.25) is 0 Å². The minimum absolute atomic E-state index is 1.00. The summed E-state index contributed by atoms with van der Waals surface area (Å²) in [4.78, 5) is 3.97. The third-order valence-corrected chi connectivity index (χ3v) is 2.31. The molecule has 3 nitrogen and oxygen atoms in total. The Balaban J connectivity index is 4.69. The first-order valence-electron chi connectivity index (χ1n) is 6.32. The normalized spacial score (nSPS) is 13.3. The second kappa shape index (κ2) is 11.7. The smallest absolute Gasteiger partial charge is 0.0277 e. The predicted octanol–water partition coefficient (Wildman–Crippen LogP) is 2.81. The van der Waals surface area contributed by atoms with Gasteiger partial charge in [0.25, 0.3) is 0 Å². The van der Waals surface area contributed by atoms with Gasteiger partial charge in [-0.25, -0.2) is 0 Å². The summed E-state index contributed by atoms with van der Waals surface area (Å²) in [6.07, 6.45) is 13.9. The van der Waals surface area contributed by atoms with Gasteiger partial charge in [-0.2, -0.15) is 0 Å². The number of nitrogens with one attached hydrogen (secondary N) is 2. The SMILES string of the molecule is C=CC(=C\NC)/C(/C=C/NCCCC)=C/C=N\C. The zero-order valence-electron chi connectivity index (χ0n) is 11.7. The molecule has 0 bridgehead atoms. The van der Waals surface area contributed by atoms with Crippen LogP contribution in [0.4, 0.5) is 0 Å². The van der Waals surface area contributed by atoms with Crippen molar-refractivity contribution in [2.75, 3.05) is 20.6 Å². The molecule has 0 aromatic heterocycles. The fourth-order valence-corrected chi connectivity index (χ4v) is 1.33. The van der Waals surface area contributed by atoms with E-state index in [1.807, 2.05) is 37.7 Å². The summed E-state index contributed by atoms with van der Waals surface area (Å²) < 4.78 is 0. The van der Waals surface area contributed by atoms with Gasteiger partial charge in [-0.05, 0) is 35.9 Å². The van der Waals surface area contributed by atoms with Crippen LogP contribution in [0.25, 0.3) is 0 Å². The highest BCUT2D eigenvalue weighted by Gasteiger charge is 1.96. The number of allylic oxidation sites excluding steroid dienone is 5. The molecule has 0 aromatic carbocycles. The maximum absolute atomic E-state index is 3.97. The summed E-state index contributed by atoms with van der Waals surface area (Å²) in [5.41, 5.74) is 2.10. The highest BCUT2D eigenvalue weighted by molar-refractivity contribution is 5.75. The van der Waals surface area contributed by atoms with Crippen LogP contribution in [0.3, 0.4) is 0 Å². The molecule has 100 valence electrons. The minimum Gasteiger partial charge on any atom is -0.393 e. The molecule has 0 spiro atoms. The van der Waals surface area contributed by atoms with Gasteiger partial charge in [0, 0.05) is 33.1 Å². The summed E-state index contributed by atoms with van der Waals surface area (Å²) in [5.74, 6) is 0. The van der Waals surface area contributed by atoms with Gasteiger partial charge in [0.05, 0.1) is 0 Å². The van der Waals surface area contributed by atoms with Crippen LogP contribution in [0.15, 0.2) is 53.3 Å². The number of rotatable bonds is 9. The number of unbranched alkanes of at least 4 members (excludes halogenated alkanes) is 1. The zero-order valence-corrected chi connectivity index (χ0v) is 11.7. The molecule has 0 saturated carbocycles. The van der Waals surface area contributed by atoms with E-state index in [0.717, 1.165) is 17.7 Å². The molecule has 0 rings (SSSR count). The Morgan fingerprint density at radius 3 is 2.67 bits per heavy atom. The third kappa shape index (κ3) is 7.49. The van der Waals surface area contributed by atoms with Gasteiger partial charge in [-0.15, -0.1) is 0 Å². The van der Waals surface area contributed by atoms with Crippen LogP contribution in [-0.2, 0) is 0 Å². The molecule has 0 unspecified atom stereocenters. The summed E-state index contributed by atoms with van der Waals surface area (Å²) >= 11 is 0. The lowest BCUT2D eigenvalue weighted by atomic mass is 10.1. The maximum Gasteiger partial charge on any atom is 0.0277 e. The van der Waals surface area contributed by atoms with Crippen molar-refractivity contribution in [3.63, 3.8) is 0 Å². The molecule has 0 aliphatic carbocycles. The highest BCUT2D eigenvalue weighted by Crippen LogP contribution is 2.11. The number of hydrogen-bond donors (Lipinski definition) is 2. The first-order valence-corrected chi connectivity index (χ1v) is 6.32. The number of nitrogens with zero attached hydrogens (tertiary/aromatic N) is 1. The fourth-order valence-electron chi connectivity index (χ4n) is 1.33. The van der Waals surface area contributed by atoms with E-state index in [1.165, 1.54) is 12.8 Å². The molecule has 0 saturated heterocycles. The minimum atomic E-state index is 1.00. The first kappa shape index (κ1) is 16.2. The number of hydrogen-bond acceptors (Lipinski definition) is 3. The van der Waals surface area contributed by atoms with Crippen LogP contribution in [0.1, 0.15) is 19.8 Å². The molecular formula is C15H25N3. The second-order valence-corrected chi connectivity index (χ2v) is 3.76. The molecule has 18 heavy (non-hydrogen) atoms. The monoisotopic (exact) mass is 247 g/mol. The Bertz CT molecular complexity index is 336. The predicted molar refractivity (Wildman–Crippen MR) is 81.9 cm³/mol. The van der Waals surface area contributed by atoms with Gasteiger partial charge in [0.15, 0.2) is 0 Å². The molecule has 0 aliphatic rings. The van der Waals surface area contributed by atoms with Crippen molar-refractivity contribution >= 4 is 6.21 Å². The topological polar surface area (TPSA) is 36.4 Å². The summed E-state index contributed by atoms with van der Waals surface area (Å²) in [7, 11) is 3.63. The molecule has 0 aliphatic heterocycles. The zero-order chi connectivity index (χ0) is 13.6. The van der Waals surface area contributed by atoms with E-state index in [2.05, 4.69) is 29.1 Å². The van der Waals surface area contributed by atoms with Crippen molar-refractivity contribution in [3.05, 3.63) is 48.4 Å². The standard InChI is InChI=1S/C15H25N3/c1-5-7-10-18-12-9-15(8-11-16-3)14(6-2)13-17-4/h6,8-9,11-13,17-18H,2,5,7,10H2,1,3-4H3/b12-9+,14-13+,15-8+,16-11-. The van der Waals surface area contributed by atoms with E-state index in [0.29, 0.717) is 0 Å². The molecule has 0 aromatic rings. The fraction of sp³-hybridized carbons (Fsp3) is 0.400. The van der Waals surface area contributed by atoms with Crippen molar-refractivity contribution in [1.29, 1.82) is 0 Å². The molecule has 0 atom stereocenters. The molecule has 0 radical (unpaired) electrons. The van der Waals surface area contributed by atoms with Crippen LogP contribution in [0, 0.1) is 0 Å². The van der Waals surface area contributed by atoms with E-state index in [4.69, 9.17) is 0 Å². The maximum atomic E-state index is 3.97. The second-order valence-electron chi connectivity index (χ2n) is 3.76. The van der Waals surface area contributed by atoms with E-state index in [9.17, 15) is 0 Å². The van der Waals surface area contributed by atoms with E-state index >= 15 is 0 Å². The average Bonchev–Trinajstić information content (AvgIpc) is 2.39. The van der Waals surface area contributed by atoms with Gasteiger partial charge in [-0.1, -0.05) is 26.0 Å². The van der Waals surface area contributed by atoms with Gasteiger partial charge in [0.2, 0.25) is 0 Å². The third-order valence-electron chi connectivity index (χ3n) is 2.31. The lowest BCUT2D eigenvalue weighted by Gasteiger charge is -2.04. The van der Waals surface area contributed by atoms with Crippen LogP contribution in [0.5, 0.6) is 0 Å². The van der Waals surface area contributed by atoms with Crippen molar-refractivity contribution in [3.8, 4) is 0 Å². The Morgan fingerprint density at radius 1 is 1.33 bits per heavy atom. The van der Waals surface area contributed by atoms with Crippen LogP contribution in [-0.4, -0.2) is 26.9 Å². The Morgan fingerprint density at radius 2 is 2.11 bits per heavy atom. The Kier molecular flexibility index (Phi) is 10.6. The van der Waals surface area contributed by atoms with E-state index < -0.39 is 0 Å². The van der Waals surface area contributed by atoms with E-state index in [-0.39, 0.29) is 0 Å². The van der Waals surface area contributed by atoms with Gasteiger partial charge >= 0.3 is 0 Å². The van der Waals surface area contributed by atoms with Crippen molar-refractivity contribution in [2.45, 2.75) is 19.8 Å². The lowest BCUT2D eigenvalue weighted by Crippen LogP contribution is -2.06. The van der Waals surface area contributed by atoms with Crippen LogP contribution >= 0.6 is 0 Å². The van der Waals surface area contributed by atoms with Gasteiger partial charge < -0.3 is 10.6 Å². The van der Waals surface area contributed by atoms with Gasteiger partial charge in [-0.3, -0.25) is 4.99 Å². The molecule has 2 N–H and O–H groups in total. The van der Waals surface area contributed by atoms with E-state index in [1.54, 1.807) is 13.3 Å². The van der Waals surface area contributed by atoms with Gasteiger partial charge in [0.1, 0.15) is 0 Å². The van der Waals surface area contributed by atoms with Crippen molar-refractivity contribution in [1.82, 2.24) is 10.6 Å². The molecule has 0 fully saturated rings. The largest absolute Gasteiger partial charge is 0.393 e. The molecule has 0 amide bonds. The molecule has 0 heterocycles. The van der Waals surface area contributed by atoms with Crippen LogP contribution < -0.4 is 10.6 Å². The Labute approximate surface area is 111 Å². The average molecular weight is 247 g/mol. The first-order chi connectivity index (χ1) is 8.79. The van der Waals surface area contributed by atoms with Crippen molar-refractivity contribution in [2.24, 2.45) is 4.99 Å².